The van der Waals surface area contributed by atoms with E-state index in [1.807, 2.05) is 6.07 Å². The Morgan fingerprint density at radius 3 is 3.00 bits per heavy atom. The molecule has 1 aliphatic heterocycles. The lowest BCUT2D eigenvalue weighted by Crippen LogP contribution is -2.28. The lowest BCUT2D eigenvalue weighted by molar-refractivity contribution is 0.410. The first-order valence-electron chi connectivity index (χ1n) is 5.11. The molecule has 2 heterocycles. The van der Waals surface area contributed by atoms with Crippen molar-refractivity contribution in [2.75, 3.05) is 20.2 Å². The number of hydrogen-bond donors (Lipinski definition) is 1. The van der Waals surface area contributed by atoms with Crippen LogP contribution in [0.2, 0.25) is 0 Å². The van der Waals surface area contributed by atoms with Crippen molar-refractivity contribution < 1.29 is 4.74 Å². The summed E-state index contributed by atoms with van der Waals surface area (Å²) in [5.41, 5.74) is 1.18. The van der Waals surface area contributed by atoms with Crippen LogP contribution in [-0.4, -0.2) is 25.2 Å². The summed E-state index contributed by atoms with van der Waals surface area (Å²) >= 11 is 0. The maximum absolute atomic E-state index is 5.08. The first-order valence-corrected chi connectivity index (χ1v) is 5.11. The minimum atomic E-state index is 0.578. The van der Waals surface area contributed by atoms with E-state index in [1.54, 1.807) is 13.3 Å². The molecule has 1 fully saturated rings. The topological polar surface area (TPSA) is 34.1 Å². The molecule has 14 heavy (non-hydrogen) atoms. The second-order valence-electron chi connectivity index (χ2n) is 3.67. The fourth-order valence-corrected chi connectivity index (χ4v) is 1.86. The lowest BCUT2D eigenvalue weighted by atomic mass is 9.96. The van der Waals surface area contributed by atoms with Gasteiger partial charge < -0.3 is 10.1 Å². The number of nitrogens with zero attached hydrogens (tertiary/aromatic N) is 1. The van der Waals surface area contributed by atoms with Crippen LogP contribution in [0.5, 0.6) is 5.75 Å². The van der Waals surface area contributed by atoms with Gasteiger partial charge in [0.1, 0.15) is 5.75 Å². The van der Waals surface area contributed by atoms with Crippen molar-refractivity contribution in [2.45, 2.75) is 18.8 Å². The van der Waals surface area contributed by atoms with E-state index in [1.165, 1.54) is 18.5 Å². The molecular weight excluding hydrogens is 176 g/mol. The van der Waals surface area contributed by atoms with E-state index in [0.717, 1.165) is 18.8 Å². The summed E-state index contributed by atoms with van der Waals surface area (Å²) in [5.74, 6) is 1.41. The average molecular weight is 192 g/mol. The minimum absolute atomic E-state index is 0.578. The van der Waals surface area contributed by atoms with Gasteiger partial charge in [0.05, 0.1) is 13.3 Å². The van der Waals surface area contributed by atoms with Crippen LogP contribution in [0.3, 0.4) is 0 Å². The largest absolute Gasteiger partial charge is 0.495 e. The molecule has 76 valence electrons. The molecule has 0 aliphatic carbocycles. The molecule has 1 aromatic rings. The molecule has 0 spiro atoms. The van der Waals surface area contributed by atoms with Crippen molar-refractivity contribution in [3.63, 3.8) is 0 Å². The normalized spacial score (nSPS) is 21.9. The number of methoxy groups -OCH3 is 1. The number of pyridine rings is 1. The Bertz CT molecular complexity index is 278. The molecule has 1 unspecified atom stereocenters. The van der Waals surface area contributed by atoms with Gasteiger partial charge >= 0.3 is 0 Å². The smallest absolute Gasteiger partial charge is 0.137 e. The lowest BCUT2D eigenvalue weighted by Gasteiger charge is -2.22. The monoisotopic (exact) mass is 192 g/mol. The van der Waals surface area contributed by atoms with Crippen molar-refractivity contribution in [1.29, 1.82) is 0 Å². The Kier molecular flexibility index (Phi) is 2.99. The quantitative estimate of drug-likeness (QED) is 0.772. The second-order valence-corrected chi connectivity index (χ2v) is 3.67. The molecule has 2 rings (SSSR count). The van der Waals surface area contributed by atoms with E-state index in [2.05, 4.69) is 16.4 Å². The molecule has 0 bridgehead atoms. The molecule has 3 nitrogen and oxygen atoms in total. The maximum atomic E-state index is 5.08. The number of ether oxygens (including phenoxy) is 1. The molecule has 3 heteroatoms. The van der Waals surface area contributed by atoms with E-state index in [-0.39, 0.29) is 0 Å². The fraction of sp³-hybridized carbons (Fsp3) is 0.545. The average Bonchev–Trinajstić information content (AvgIpc) is 2.30. The second kappa shape index (κ2) is 4.42. The highest BCUT2D eigenvalue weighted by molar-refractivity contribution is 5.22. The fourth-order valence-electron chi connectivity index (χ4n) is 1.86. The van der Waals surface area contributed by atoms with Gasteiger partial charge in [0.15, 0.2) is 0 Å². The zero-order chi connectivity index (χ0) is 9.80. The summed E-state index contributed by atoms with van der Waals surface area (Å²) < 4.78 is 5.08. The summed E-state index contributed by atoms with van der Waals surface area (Å²) in [7, 11) is 1.67. The van der Waals surface area contributed by atoms with Crippen molar-refractivity contribution in [3.8, 4) is 5.75 Å². The third-order valence-electron chi connectivity index (χ3n) is 2.71. The number of nitrogens with one attached hydrogen (secondary N) is 1. The Hall–Kier alpha value is -1.09. The van der Waals surface area contributed by atoms with Crippen molar-refractivity contribution in [3.05, 3.63) is 24.0 Å². The van der Waals surface area contributed by atoms with Crippen molar-refractivity contribution in [1.82, 2.24) is 10.3 Å². The highest BCUT2D eigenvalue weighted by atomic mass is 16.5. The Labute approximate surface area is 84.5 Å². The summed E-state index contributed by atoms with van der Waals surface area (Å²) in [4.78, 5) is 4.41. The zero-order valence-corrected chi connectivity index (χ0v) is 8.49. The summed E-state index contributed by atoms with van der Waals surface area (Å²) in [6.07, 6.45) is 4.29. The summed E-state index contributed by atoms with van der Waals surface area (Å²) in [6, 6.07) is 4.05. The molecule has 1 aromatic heterocycles. The van der Waals surface area contributed by atoms with E-state index in [4.69, 9.17) is 4.74 Å². The van der Waals surface area contributed by atoms with Crippen molar-refractivity contribution in [2.24, 2.45) is 0 Å². The molecule has 0 saturated carbocycles. The van der Waals surface area contributed by atoms with Gasteiger partial charge in [0.25, 0.3) is 0 Å². The highest BCUT2D eigenvalue weighted by Gasteiger charge is 2.15. The maximum Gasteiger partial charge on any atom is 0.137 e. The van der Waals surface area contributed by atoms with E-state index in [9.17, 15) is 0 Å². The van der Waals surface area contributed by atoms with Crippen LogP contribution in [0.4, 0.5) is 0 Å². The predicted octanol–water partition coefficient (Wildman–Crippen LogP) is 1.56. The molecule has 0 amide bonds. The van der Waals surface area contributed by atoms with Crippen LogP contribution < -0.4 is 10.1 Å². The van der Waals surface area contributed by atoms with Crippen LogP contribution in [0, 0.1) is 0 Å². The van der Waals surface area contributed by atoms with Gasteiger partial charge in [-0.3, -0.25) is 4.98 Å². The number of aromatic nitrogens is 1. The molecular formula is C11H16N2O. The van der Waals surface area contributed by atoms with E-state index in [0.29, 0.717) is 5.92 Å². The summed E-state index contributed by atoms with van der Waals surface area (Å²) in [6.45, 7) is 2.20. The Morgan fingerprint density at radius 1 is 1.50 bits per heavy atom. The van der Waals surface area contributed by atoms with Gasteiger partial charge in [-0.1, -0.05) is 0 Å². The third-order valence-corrected chi connectivity index (χ3v) is 2.71. The van der Waals surface area contributed by atoms with Gasteiger partial charge in [-0.05, 0) is 31.5 Å². The van der Waals surface area contributed by atoms with Gasteiger partial charge in [0.2, 0.25) is 0 Å². The Balaban J connectivity index is 2.07. The van der Waals surface area contributed by atoms with Crippen LogP contribution in [0.1, 0.15) is 24.5 Å². The summed E-state index contributed by atoms with van der Waals surface area (Å²) in [5, 5.41) is 3.39. The molecule has 1 atom stereocenters. The molecule has 1 N–H and O–H groups in total. The molecule has 0 radical (unpaired) electrons. The number of piperidine rings is 1. The first kappa shape index (κ1) is 9.46. The zero-order valence-electron chi connectivity index (χ0n) is 8.49. The molecule has 1 saturated heterocycles. The van der Waals surface area contributed by atoms with Crippen LogP contribution >= 0.6 is 0 Å². The third kappa shape index (κ3) is 2.04. The first-order chi connectivity index (χ1) is 6.90. The SMILES string of the molecule is COc1ccc(C2CCCNC2)nc1. The van der Waals surface area contributed by atoms with Gasteiger partial charge in [-0.15, -0.1) is 0 Å². The standard InChI is InChI=1S/C11H16N2O/c1-14-10-4-5-11(13-8-10)9-3-2-6-12-7-9/h4-5,8-9,12H,2-3,6-7H2,1H3. The number of rotatable bonds is 2. The predicted molar refractivity (Wildman–Crippen MR) is 55.6 cm³/mol. The Morgan fingerprint density at radius 2 is 2.43 bits per heavy atom. The van der Waals surface area contributed by atoms with Gasteiger partial charge in [-0.25, -0.2) is 0 Å². The highest BCUT2D eigenvalue weighted by Crippen LogP contribution is 2.22. The van der Waals surface area contributed by atoms with Crippen LogP contribution in [0.15, 0.2) is 18.3 Å². The van der Waals surface area contributed by atoms with Crippen LogP contribution in [-0.2, 0) is 0 Å². The van der Waals surface area contributed by atoms with E-state index < -0.39 is 0 Å². The van der Waals surface area contributed by atoms with E-state index >= 15 is 0 Å². The van der Waals surface area contributed by atoms with Crippen LogP contribution in [0.25, 0.3) is 0 Å². The minimum Gasteiger partial charge on any atom is -0.495 e. The molecule has 0 aromatic carbocycles. The van der Waals surface area contributed by atoms with Gasteiger partial charge in [0, 0.05) is 18.2 Å². The van der Waals surface area contributed by atoms with Crippen molar-refractivity contribution >= 4 is 0 Å². The number of hydrogen-bond acceptors (Lipinski definition) is 3. The molecule has 1 aliphatic rings. The van der Waals surface area contributed by atoms with Gasteiger partial charge in [-0.2, -0.15) is 0 Å².